The van der Waals surface area contributed by atoms with Crippen LogP contribution in [0.15, 0.2) is 58.1 Å². The smallest absolute Gasteiger partial charge is 0.228 e. The normalized spacial score (nSPS) is 14.1. The number of hydrogen-bond donors (Lipinski definition) is 2. The van der Waals surface area contributed by atoms with Crippen LogP contribution < -0.4 is 11.1 Å². The highest BCUT2D eigenvalue weighted by Crippen LogP contribution is 2.31. The second-order valence-corrected chi connectivity index (χ2v) is 10.6. The molecule has 0 saturated heterocycles. The number of halogens is 1. The summed E-state index contributed by atoms with van der Waals surface area (Å²) >= 11 is 5.04. The van der Waals surface area contributed by atoms with E-state index in [4.69, 9.17) is 26.2 Å². The summed E-state index contributed by atoms with van der Waals surface area (Å²) < 4.78 is 14.3. The van der Waals surface area contributed by atoms with E-state index in [1.807, 2.05) is 38.1 Å². The first-order valence-electron chi connectivity index (χ1n) is 13.5. The van der Waals surface area contributed by atoms with Crippen LogP contribution in [0.3, 0.4) is 0 Å². The molecule has 0 aromatic carbocycles. The molecule has 6 aromatic rings. The van der Waals surface area contributed by atoms with Crippen LogP contribution in [-0.2, 0) is 9.59 Å². The van der Waals surface area contributed by atoms with Crippen LogP contribution >= 0.6 is 11.6 Å². The molecule has 0 spiro atoms. The zero-order chi connectivity index (χ0) is 30.1. The highest BCUT2D eigenvalue weighted by Gasteiger charge is 2.30. The van der Waals surface area contributed by atoms with Gasteiger partial charge in [0, 0.05) is 11.8 Å². The minimum atomic E-state index is -0.157. The van der Waals surface area contributed by atoms with Crippen molar-refractivity contribution in [2.75, 3.05) is 11.1 Å². The molecule has 2 fully saturated rings. The van der Waals surface area contributed by atoms with Gasteiger partial charge in [-0.3, -0.25) is 9.59 Å². The predicted octanol–water partition coefficient (Wildman–Crippen LogP) is 4.48. The van der Waals surface area contributed by atoms with E-state index in [1.165, 1.54) is 12.7 Å². The lowest BCUT2D eigenvalue weighted by atomic mass is 10.3. The number of nitrogens with one attached hydrogen (secondary N) is 1. The number of aromatic nitrogens is 8. The molecular formula is C28H27ClN10O4. The summed E-state index contributed by atoms with van der Waals surface area (Å²) in [5.74, 6) is 4.03. The Hall–Kier alpha value is -5.11. The van der Waals surface area contributed by atoms with E-state index in [2.05, 4.69) is 35.5 Å². The molecular weight excluding hydrogens is 576 g/mol. The Morgan fingerprint density at radius 3 is 1.84 bits per heavy atom. The molecule has 0 radical (unpaired) electrons. The lowest BCUT2D eigenvalue weighted by Crippen LogP contribution is -2.15. The first-order valence-corrected chi connectivity index (χ1v) is 13.9. The molecule has 0 unspecified atom stereocenters. The zero-order valence-corrected chi connectivity index (χ0v) is 24.0. The molecule has 0 bridgehead atoms. The summed E-state index contributed by atoms with van der Waals surface area (Å²) in [5, 5.41) is 10.8. The molecule has 6 aromatic heterocycles. The first-order chi connectivity index (χ1) is 20.7. The van der Waals surface area contributed by atoms with Crippen molar-refractivity contribution < 1.29 is 18.4 Å². The third-order valence-corrected chi connectivity index (χ3v) is 6.90. The largest absolute Gasteiger partial charge is 0.460 e. The zero-order valence-electron chi connectivity index (χ0n) is 23.3. The maximum Gasteiger partial charge on any atom is 0.228 e. The summed E-state index contributed by atoms with van der Waals surface area (Å²) in [7, 11) is 0. The number of carbonyl (C=O) groups is 2. The van der Waals surface area contributed by atoms with Crippen molar-refractivity contribution in [1.82, 2.24) is 39.2 Å². The van der Waals surface area contributed by atoms with Gasteiger partial charge in [0.05, 0.1) is 12.4 Å². The summed E-state index contributed by atoms with van der Waals surface area (Å²) in [6.07, 6.45) is 10.1. The predicted molar refractivity (Wildman–Crippen MR) is 156 cm³/mol. The van der Waals surface area contributed by atoms with Gasteiger partial charge in [0.25, 0.3) is 0 Å². The van der Waals surface area contributed by atoms with Gasteiger partial charge in [0.1, 0.15) is 30.0 Å². The Labute approximate surface area is 249 Å². The second kappa shape index (κ2) is 11.6. The molecule has 8 rings (SSSR count). The third kappa shape index (κ3) is 6.54. The molecule has 43 heavy (non-hydrogen) atoms. The van der Waals surface area contributed by atoms with Crippen molar-refractivity contribution in [2.24, 2.45) is 11.8 Å². The van der Waals surface area contributed by atoms with Crippen LogP contribution in [-0.4, -0.2) is 50.3 Å². The average molecular weight is 603 g/mol. The van der Waals surface area contributed by atoms with Gasteiger partial charge in [-0.2, -0.15) is 10.2 Å². The van der Waals surface area contributed by atoms with Gasteiger partial charge < -0.3 is 19.9 Å². The van der Waals surface area contributed by atoms with Gasteiger partial charge >= 0.3 is 0 Å². The fraction of sp³-hybridized carbons (Fsp3) is 0.286. The number of anilines is 2. The summed E-state index contributed by atoms with van der Waals surface area (Å²) in [6, 6.07) is 7.40. The number of nitrogen functional groups attached to an aromatic ring is 1. The number of amides is 1. The van der Waals surface area contributed by atoms with Crippen molar-refractivity contribution in [3.8, 4) is 22.9 Å². The minimum absolute atomic E-state index is 0.00328. The highest BCUT2D eigenvalue weighted by atomic mass is 35.5. The van der Waals surface area contributed by atoms with Gasteiger partial charge in [-0.15, -0.1) is 0 Å². The van der Waals surface area contributed by atoms with E-state index in [0.29, 0.717) is 45.8 Å². The molecule has 1 amide bonds. The summed E-state index contributed by atoms with van der Waals surface area (Å²) in [5.41, 5.74) is 8.07. The number of hydrogen-bond acceptors (Lipinski definition) is 11. The minimum Gasteiger partial charge on any atom is -0.460 e. The molecule has 0 aliphatic heterocycles. The maximum atomic E-state index is 11.9. The van der Waals surface area contributed by atoms with Gasteiger partial charge in [0.2, 0.25) is 11.1 Å². The Bertz CT molecular complexity index is 1930. The van der Waals surface area contributed by atoms with E-state index >= 15 is 0 Å². The van der Waals surface area contributed by atoms with Gasteiger partial charge in [-0.25, -0.2) is 29.0 Å². The molecule has 6 heterocycles. The monoisotopic (exact) mass is 602 g/mol. The van der Waals surface area contributed by atoms with E-state index < -0.39 is 0 Å². The lowest BCUT2D eigenvalue weighted by Gasteiger charge is -2.06. The van der Waals surface area contributed by atoms with Crippen LogP contribution in [0.1, 0.15) is 37.2 Å². The van der Waals surface area contributed by atoms with Crippen LogP contribution in [0.5, 0.6) is 0 Å². The first kappa shape index (κ1) is 28.0. The standard InChI is InChI=1S/C14H13N5O2.C10H9N5O.C4H5ClO/c1-8-2-5-10(21-8)12-13-15-7-16-19(13)6-11(17-12)18-14(20)9-3-4-9;1-6-2-3-7(16-6)9-10-12-5-13-15(10)4-8(11)14-9;5-4(6)3-1-2-3/h2,5-7,9H,3-4H2,1H3,(H,18,20);2-5H,11H2,1H3;3H,1-2H2. The van der Waals surface area contributed by atoms with Crippen molar-refractivity contribution in [1.29, 1.82) is 0 Å². The molecule has 3 N–H and O–H groups in total. The fourth-order valence-corrected chi connectivity index (χ4v) is 4.29. The van der Waals surface area contributed by atoms with Gasteiger partial charge in [0.15, 0.2) is 40.0 Å². The average Bonchev–Trinajstić information content (AvgIpc) is 3.81. The SMILES string of the molecule is Cc1ccc(-c2nc(N)cn3ncnc23)o1.Cc1ccc(-c2nc(NC(=O)C3CC3)cn3ncnc23)o1.O=C(Cl)C1CC1. The van der Waals surface area contributed by atoms with Crippen molar-refractivity contribution >= 4 is 45.7 Å². The molecule has 220 valence electrons. The topological polar surface area (TPSA) is 185 Å². The van der Waals surface area contributed by atoms with Crippen molar-refractivity contribution in [2.45, 2.75) is 39.5 Å². The number of fused-ring (bicyclic) bond motifs is 2. The molecule has 14 nitrogen and oxygen atoms in total. The number of nitrogens with zero attached hydrogens (tertiary/aromatic N) is 8. The summed E-state index contributed by atoms with van der Waals surface area (Å²) in [4.78, 5) is 38.8. The number of furan rings is 2. The molecule has 2 aliphatic rings. The van der Waals surface area contributed by atoms with Gasteiger partial charge in [-0.1, -0.05) is 0 Å². The number of nitrogens with two attached hydrogens (primary N) is 1. The Balaban J connectivity index is 0.000000132. The van der Waals surface area contributed by atoms with E-state index in [9.17, 15) is 9.59 Å². The Morgan fingerprint density at radius 1 is 0.837 bits per heavy atom. The second-order valence-electron chi connectivity index (χ2n) is 10.2. The van der Waals surface area contributed by atoms with Crippen LogP contribution in [0.25, 0.3) is 34.2 Å². The number of rotatable bonds is 5. The van der Waals surface area contributed by atoms with Crippen molar-refractivity contribution in [3.63, 3.8) is 0 Å². The molecule has 15 heteroatoms. The van der Waals surface area contributed by atoms with Crippen LogP contribution in [0.2, 0.25) is 0 Å². The van der Waals surface area contributed by atoms with E-state index in [-0.39, 0.29) is 23.0 Å². The number of carbonyl (C=O) groups excluding carboxylic acids is 2. The van der Waals surface area contributed by atoms with E-state index in [0.717, 1.165) is 37.2 Å². The Kier molecular flexibility index (Phi) is 7.59. The summed E-state index contributed by atoms with van der Waals surface area (Å²) in [6.45, 7) is 3.74. The maximum absolute atomic E-state index is 11.9. The van der Waals surface area contributed by atoms with E-state index in [1.54, 1.807) is 21.4 Å². The van der Waals surface area contributed by atoms with Crippen molar-refractivity contribution in [3.05, 3.63) is 60.8 Å². The fourth-order valence-electron chi connectivity index (χ4n) is 4.08. The lowest BCUT2D eigenvalue weighted by molar-refractivity contribution is -0.117. The quantitative estimate of drug-likeness (QED) is 0.265. The van der Waals surface area contributed by atoms with Crippen LogP contribution in [0.4, 0.5) is 11.6 Å². The van der Waals surface area contributed by atoms with Crippen LogP contribution in [0, 0.1) is 25.7 Å². The Morgan fingerprint density at radius 2 is 1.37 bits per heavy atom. The third-order valence-electron chi connectivity index (χ3n) is 6.59. The number of aryl methyl sites for hydroxylation is 2. The van der Waals surface area contributed by atoms with Gasteiger partial charge in [-0.05, 0) is 75.4 Å². The molecule has 2 aliphatic carbocycles. The molecule has 2 saturated carbocycles. The molecule has 0 atom stereocenters. The highest BCUT2D eigenvalue weighted by molar-refractivity contribution is 6.64.